The van der Waals surface area contributed by atoms with Gasteiger partial charge < -0.3 is 14.8 Å². The number of benzene rings is 2. The Hall–Kier alpha value is -2.07. The van der Waals surface area contributed by atoms with Gasteiger partial charge in [-0.15, -0.1) is 0 Å². The first kappa shape index (κ1) is 24.6. The Kier molecular flexibility index (Phi) is 6.63. The van der Waals surface area contributed by atoms with E-state index in [9.17, 15) is 4.79 Å². The van der Waals surface area contributed by atoms with Crippen LogP contribution in [0.5, 0.6) is 5.75 Å². The number of methoxy groups -OCH3 is 1. The van der Waals surface area contributed by atoms with Gasteiger partial charge in [-0.1, -0.05) is 39.0 Å². The average molecular weight is 478 g/mol. The molecule has 2 aromatic carbocycles. The Bertz CT molecular complexity index is 1040. The summed E-state index contributed by atoms with van der Waals surface area (Å²) < 4.78 is 11.5. The fourth-order valence-corrected chi connectivity index (χ4v) is 6.96. The van der Waals surface area contributed by atoms with Gasteiger partial charge in [0.05, 0.1) is 18.6 Å². The van der Waals surface area contributed by atoms with E-state index in [1.165, 1.54) is 36.3 Å². The highest BCUT2D eigenvalue weighted by Gasteiger charge is 2.52. The number of hydrogen-bond acceptors (Lipinski definition) is 4. The minimum Gasteiger partial charge on any atom is -0.490 e. The van der Waals surface area contributed by atoms with Crippen LogP contribution in [0.1, 0.15) is 90.5 Å². The van der Waals surface area contributed by atoms with E-state index in [1.807, 2.05) is 0 Å². The maximum absolute atomic E-state index is 12.3. The summed E-state index contributed by atoms with van der Waals surface area (Å²) in [6.07, 6.45) is 11.2. The Balaban J connectivity index is 1.17. The number of nitrogens with one attached hydrogen (secondary N) is 1. The number of rotatable bonds is 6. The predicted octanol–water partition coefficient (Wildman–Crippen LogP) is 7.18. The lowest BCUT2D eigenvalue weighted by atomic mass is 9.57. The zero-order chi connectivity index (χ0) is 24.7. The van der Waals surface area contributed by atoms with Crippen molar-refractivity contribution in [1.29, 1.82) is 0 Å². The molecule has 0 aromatic heterocycles. The van der Waals surface area contributed by atoms with E-state index < -0.39 is 0 Å². The summed E-state index contributed by atoms with van der Waals surface area (Å²) in [5.74, 6) is 1.81. The quantitative estimate of drug-likeness (QED) is 0.448. The van der Waals surface area contributed by atoms with Crippen molar-refractivity contribution in [3.05, 3.63) is 42.0 Å². The molecule has 4 aliphatic rings. The molecule has 6 rings (SSSR count). The number of hydrogen-bond donors (Lipinski definition) is 1. The SMILES string of the molecule is COC(=O)C12CCC(NCc3ccc4cc(O[C@H]5CC[C@H](C(C)(C)C)CC5)ccc4c3)(CC1)CC2. The summed E-state index contributed by atoms with van der Waals surface area (Å²) in [4.78, 5) is 12.3. The first-order valence-corrected chi connectivity index (χ1v) is 13.7. The highest BCUT2D eigenvalue weighted by atomic mass is 16.5. The standard InChI is InChI=1S/C31H43NO3/c1-29(2,3)25-8-11-26(12-9-25)35-27-10-7-23-19-22(5-6-24(23)20-27)21-32-31-16-13-30(14-17-31,15-18-31)28(33)34-4/h5-7,10,19-20,25-26,32H,8-9,11-18,21H2,1-4H3/t25-,26-,30?,31?. The molecule has 4 nitrogen and oxygen atoms in total. The van der Waals surface area contributed by atoms with Gasteiger partial charge in [0, 0.05) is 12.1 Å². The molecule has 0 radical (unpaired) electrons. The lowest BCUT2D eigenvalue weighted by Crippen LogP contribution is -2.56. The number of ether oxygens (including phenoxy) is 2. The minimum absolute atomic E-state index is 0.00117. The Morgan fingerprint density at radius 1 is 0.914 bits per heavy atom. The monoisotopic (exact) mass is 477 g/mol. The summed E-state index contributed by atoms with van der Waals surface area (Å²) in [5.41, 5.74) is 1.68. The third-order valence-corrected chi connectivity index (χ3v) is 9.61. The lowest BCUT2D eigenvalue weighted by Gasteiger charge is -2.52. The molecule has 35 heavy (non-hydrogen) atoms. The molecule has 0 atom stereocenters. The van der Waals surface area contributed by atoms with Crippen LogP contribution in [0.2, 0.25) is 0 Å². The number of fused-ring (bicyclic) bond motifs is 4. The van der Waals surface area contributed by atoms with Crippen LogP contribution in [-0.4, -0.2) is 24.7 Å². The fourth-order valence-electron chi connectivity index (χ4n) is 6.96. The molecule has 0 heterocycles. The van der Waals surface area contributed by atoms with Crippen LogP contribution in [-0.2, 0) is 16.1 Å². The topological polar surface area (TPSA) is 47.6 Å². The molecule has 0 spiro atoms. The van der Waals surface area contributed by atoms with Gasteiger partial charge in [-0.05, 0) is 110 Å². The van der Waals surface area contributed by atoms with E-state index in [1.54, 1.807) is 0 Å². The normalized spacial score (nSPS) is 30.9. The van der Waals surface area contributed by atoms with Gasteiger partial charge in [0.2, 0.25) is 0 Å². The Morgan fingerprint density at radius 2 is 1.54 bits per heavy atom. The van der Waals surface area contributed by atoms with E-state index in [0.29, 0.717) is 11.5 Å². The van der Waals surface area contributed by atoms with Crippen LogP contribution >= 0.6 is 0 Å². The van der Waals surface area contributed by atoms with Crippen LogP contribution < -0.4 is 10.1 Å². The molecule has 1 N–H and O–H groups in total. The smallest absolute Gasteiger partial charge is 0.311 e. The highest BCUT2D eigenvalue weighted by molar-refractivity contribution is 5.84. The largest absolute Gasteiger partial charge is 0.490 e. The molecule has 4 saturated carbocycles. The molecule has 0 unspecified atom stereocenters. The van der Waals surface area contributed by atoms with Gasteiger partial charge in [-0.3, -0.25) is 4.79 Å². The lowest BCUT2D eigenvalue weighted by molar-refractivity contribution is -0.160. The second-order valence-electron chi connectivity index (χ2n) is 12.7. The number of esters is 1. The van der Waals surface area contributed by atoms with Gasteiger partial charge in [0.1, 0.15) is 5.75 Å². The summed E-state index contributed by atoms with van der Waals surface area (Å²) in [7, 11) is 1.53. The molecule has 190 valence electrons. The first-order valence-electron chi connectivity index (χ1n) is 13.7. The molecular formula is C31H43NO3. The van der Waals surface area contributed by atoms with Crippen molar-refractivity contribution >= 4 is 16.7 Å². The molecule has 4 fully saturated rings. The molecule has 2 bridgehead atoms. The third kappa shape index (κ3) is 5.09. The van der Waals surface area contributed by atoms with Crippen LogP contribution in [0.4, 0.5) is 0 Å². The summed E-state index contributed by atoms with van der Waals surface area (Å²) in [5, 5.41) is 6.39. The minimum atomic E-state index is -0.215. The van der Waals surface area contributed by atoms with Crippen molar-refractivity contribution in [3.63, 3.8) is 0 Å². The second kappa shape index (κ2) is 9.42. The Labute approximate surface area is 211 Å². The second-order valence-corrected chi connectivity index (χ2v) is 12.7. The van der Waals surface area contributed by atoms with Crippen LogP contribution in [0.15, 0.2) is 36.4 Å². The number of carbonyl (C=O) groups excluding carboxylic acids is 1. The van der Waals surface area contributed by atoms with Gasteiger partial charge >= 0.3 is 5.97 Å². The van der Waals surface area contributed by atoms with E-state index in [-0.39, 0.29) is 16.9 Å². The zero-order valence-electron chi connectivity index (χ0n) is 22.1. The van der Waals surface area contributed by atoms with E-state index in [0.717, 1.165) is 69.6 Å². The van der Waals surface area contributed by atoms with Gasteiger partial charge in [-0.2, -0.15) is 0 Å². The van der Waals surface area contributed by atoms with E-state index in [4.69, 9.17) is 9.47 Å². The molecule has 0 aliphatic heterocycles. The third-order valence-electron chi connectivity index (χ3n) is 9.61. The van der Waals surface area contributed by atoms with E-state index >= 15 is 0 Å². The van der Waals surface area contributed by atoms with Gasteiger partial charge in [0.15, 0.2) is 0 Å². The fraction of sp³-hybridized carbons (Fsp3) is 0.645. The predicted molar refractivity (Wildman–Crippen MR) is 141 cm³/mol. The maximum Gasteiger partial charge on any atom is 0.311 e. The summed E-state index contributed by atoms with van der Waals surface area (Å²) in [6, 6.07) is 13.3. The molecule has 2 aromatic rings. The van der Waals surface area contributed by atoms with Crippen LogP contribution in [0, 0.1) is 16.7 Å². The molecule has 0 saturated heterocycles. The van der Waals surface area contributed by atoms with Crippen LogP contribution in [0.3, 0.4) is 0 Å². The van der Waals surface area contributed by atoms with Crippen molar-refractivity contribution in [1.82, 2.24) is 5.32 Å². The first-order chi connectivity index (χ1) is 16.7. The molecule has 4 heteroatoms. The summed E-state index contributed by atoms with van der Waals surface area (Å²) in [6.45, 7) is 7.97. The zero-order valence-corrected chi connectivity index (χ0v) is 22.1. The van der Waals surface area contributed by atoms with Crippen molar-refractivity contribution in [2.75, 3.05) is 7.11 Å². The molecule has 4 aliphatic carbocycles. The summed E-state index contributed by atoms with van der Waals surface area (Å²) >= 11 is 0. The number of carbonyl (C=O) groups is 1. The van der Waals surface area contributed by atoms with Crippen molar-refractivity contribution in [2.24, 2.45) is 16.7 Å². The average Bonchev–Trinajstić information content (AvgIpc) is 2.88. The van der Waals surface area contributed by atoms with Gasteiger partial charge in [0.25, 0.3) is 0 Å². The van der Waals surface area contributed by atoms with Gasteiger partial charge in [-0.25, -0.2) is 0 Å². The van der Waals surface area contributed by atoms with Crippen molar-refractivity contribution in [2.45, 2.75) is 103 Å². The maximum atomic E-state index is 12.3. The Morgan fingerprint density at radius 3 is 2.17 bits per heavy atom. The highest BCUT2D eigenvalue weighted by Crippen LogP contribution is 2.53. The molecular weight excluding hydrogens is 434 g/mol. The van der Waals surface area contributed by atoms with Crippen LogP contribution in [0.25, 0.3) is 10.8 Å². The van der Waals surface area contributed by atoms with Crippen molar-refractivity contribution in [3.8, 4) is 5.75 Å². The van der Waals surface area contributed by atoms with Crippen molar-refractivity contribution < 1.29 is 14.3 Å². The van der Waals surface area contributed by atoms with E-state index in [2.05, 4.69) is 62.5 Å². The molecule has 0 amide bonds.